The topological polar surface area (TPSA) is 41.6 Å². The summed E-state index contributed by atoms with van der Waals surface area (Å²) in [6, 6.07) is 4.06. The molecule has 6 rings (SSSR count). The Morgan fingerprint density at radius 3 is 2.72 bits per heavy atom. The number of hydrogen-bond acceptors (Lipinski definition) is 3. The molecule has 25 heavy (non-hydrogen) atoms. The minimum Gasteiger partial charge on any atom is -0.489 e. The molecule has 1 unspecified atom stereocenters. The van der Waals surface area contributed by atoms with E-state index in [0.717, 1.165) is 30.7 Å². The molecule has 0 radical (unpaired) electrons. The smallest absolute Gasteiger partial charge is 0.255 e. The molecule has 0 spiro atoms. The molecule has 5 heteroatoms. The minimum atomic E-state index is -0.0175. The van der Waals surface area contributed by atoms with Crippen molar-refractivity contribution in [2.75, 3.05) is 19.6 Å². The predicted molar refractivity (Wildman–Crippen MR) is 97.5 cm³/mol. The standard InChI is InChI=1S/C20H25ClN2O2/c21-13-9-15-14-3-1-2-4-18(14)25-19(15)16(10-13)20(24)22-17-11-23-7-5-12(17)6-8-23/h9-10,12,14,17-18H,1-8,11H2,(H,22,24)/t14-,17?,18+/m0/s1. The highest BCUT2D eigenvalue weighted by molar-refractivity contribution is 6.31. The maximum Gasteiger partial charge on any atom is 0.255 e. The van der Waals surface area contributed by atoms with Crippen LogP contribution in [0.15, 0.2) is 12.1 Å². The van der Waals surface area contributed by atoms with Crippen LogP contribution in [-0.4, -0.2) is 42.6 Å². The van der Waals surface area contributed by atoms with Crippen LogP contribution < -0.4 is 10.1 Å². The highest BCUT2D eigenvalue weighted by Crippen LogP contribution is 2.48. The van der Waals surface area contributed by atoms with Gasteiger partial charge in [-0.2, -0.15) is 0 Å². The maximum absolute atomic E-state index is 13.0. The molecule has 1 N–H and O–H groups in total. The number of hydrogen-bond donors (Lipinski definition) is 1. The fraction of sp³-hybridized carbons (Fsp3) is 0.650. The van der Waals surface area contributed by atoms with Crippen LogP contribution in [0.5, 0.6) is 5.75 Å². The molecule has 4 heterocycles. The number of carbonyl (C=O) groups excluding carboxylic acids is 1. The Labute approximate surface area is 153 Å². The lowest BCUT2D eigenvalue weighted by molar-refractivity contribution is 0.0617. The van der Waals surface area contributed by atoms with Crippen LogP contribution in [0.2, 0.25) is 5.02 Å². The third-order valence-corrected chi connectivity index (χ3v) is 6.89. The molecule has 3 atom stereocenters. The van der Waals surface area contributed by atoms with Gasteiger partial charge in [-0.25, -0.2) is 0 Å². The van der Waals surface area contributed by atoms with Gasteiger partial charge >= 0.3 is 0 Å². The number of carbonyl (C=O) groups is 1. The van der Waals surface area contributed by atoms with Crippen LogP contribution in [-0.2, 0) is 0 Å². The number of piperidine rings is 3. The predicted octanol–water partition coefficient (Wildman–Crippen LogP) is 3.58. The first-order valence-electron chi connectivity index (χ1n) is 9.72. The third kappa shape index (κ3) is 2.74. The van der Waals surface area contributed by atoms with Crippen LogP contribution in [0.3, 0.4) is 0 Å². The zero-order valence-electron chi connectivity index (χ0n) is 14.5. The molecule has 1 saturated carbocycles. The molecule has 1 amide bonds. The molecule has 4 nitrogen and oxygen atoms in total. The molecule has 1 aromatic carbocycles. The van der Waals surface area contributed by atoms with Crippen molar-refractivity contribution in [2.45, 2.75) is 56.6 Å². The van der Waals surface area contributed by atoms with Crippen molar-refractivity contribution in [3.05, 3.63) is 28.3 Å². The van der Waals surface area contributed by atoms with Crippen LogP contribution in [0.4, 0.5) is 0 Å². The van der Waals surface area contributed by atoms with Gasteiger partial charge in [0.05, 0.1) is 5.56 Å². The lowest BCUT2D eigenvalue weighted by Crippen LogP contribution is -2.57. The van der Waals surface area contributed by atoms with Gasteiger partial charge in [-0.05, 0) is 63.2 Å². The Balaban J connectivity index is 1.41. The number of amides is 1. The summed E-state index contributed by atoms with van der Waals surface area (Å²) in [7, 11) is 0. The van der Waals surface area contributed by atoms with Gasteiger partial charge in [0, 0.05) is 29.1 Å². The maximum atomic E-state index is 13.0. The van der Waals surface area contributed by atoms with E-state index in [-0.39, 0.29) is 18.1 Å². The number of fused-ring (bicyclic) bond motifs is 6. The van der Waals surface area contributed by atoms with Crippen molar-refractivity contribution < 1.29 is 9.53 Å². The van der Waals surface area contributed by atoms with Crippen LogP contribution in [0, 0.1) is 5.92 Å². The number of benzene rings is 1. The summed E-state index contributed by atoms with van der Waals surface area (Å²) >= 11 is 6.37. The number of ether oxygens (including phenoxy) is 1. The molecule has 4 fully saturated rings. The van der Waals surface area contributed by atoms with Gasteiger partial charge < -0.3 is 15.0 Å². The Morgan fingerprint density at radius 2 is 1.96 bits per heavy atom. The molecule has 134 valence electrons. The van der Waals surface area contributed by atoms with E-state index in [4.69, 9.17) is 16.3 Å². The normalized spacial score (nSPS) is 35.6. The quantitative estimate of drug-likeness (QED) is 0.876. The molecule has 1 aliphatic carbocycles. The fourth-order valence-corrected chi connectivity index (χ4v) is 5.54. The number of rotatable bonds is 2. The summed E-state index contributed by atoms with van der Waals surface area (Å²) in [5, 5.41) is 3.93. The van der Waals surface area contributed by atoms with Gasteiger partial charge in [0.1, 0.15) is 11.9 Å². The van der Waals surface area contributed by atoms with Crippen molar-refractivity contribution >= 4 is 17.5 Å². The van der Waals surface area contributed by atoms with E-state index >= 15 is 0 Å². The Hall–Kier alpha value is -1.26. The van der Waals surface area contributed by atoms with Crippen molar-refractivity contribution in [1.29, 1.82) is 0 Å². The van der Waals surface area contributed by atoms with Crippen molar-refractivity contribution in [3.63, 3.8) is 0 Å². The van der Waals surface area contributed by atoms with Gasteiger partial charge in [0.15, 0.2) is 0 Å². The van der Waals surface area contributed by atoms with E-state index in [2.05, 4.69) is 10.2 Å². The van der Waals surface area contributed by atoms with E-state index in [1.165, 1.54) is 38.8 Å². The first-order chi connectivity index (χ1) is 12.2. The Bertz CT molecular complexity index is 699. The van der Waals surface area contributed by atoms with Crippen molar-refractivity contribution in [2.24, 2.45) is 5.92 Å². The second kappa shape index (κ2) is 6.17. The van der Waals surface area contributed by atoms with Gasteiger partial charge in [0.2, 0.25) is 0 Å². The summed E-state index contributed by atoms with van der Waals surface area (Å²) in [4.78, 5) is 15.5. The van der Waals surface area contributed by atoms with Gasteiger partial charge in [-0.1, -0.05) is 18.0 Å². The minimum absolute atomic E-state index is 0.0175. The largest absolute Gasteiger partial charge is 0.489 e. The molecular weight excluding hydrogens is 336 g/mol. The molecule has 2 bridgehead atoms. The zero-order valence-corrected chi connectivity index (χ0v) is 15.2. The van der Waals surface area contributed by atoms with Crippen LogP contribution in [0.25, 0.3) is 0 Å². The van der Waals surface area contributed by atoms with E-state index in [1.807, 2.05) is 6.07 Å². The summed E-state index contributed by atoms with van der Waals surface area (Å²) in [5.74, 6) is 1.80. The lowest BCUT2D eigenvalue weighted by Gasteiger charge is -2.44. The Kier molecular flexibility index (Phi) is 3.94. The SMILES string of the molecule is O=C(NC1CN2CCC1CC2)c1cc(Cl)cc2c1O[C@@H]1CCCC[C@@H]21. The highest BCUT2D eigenvalue weighted by atomic mass is 35.5. The molecular formula is C20H25ClN2O2. The highest BCUT2D eigenvalue weighted by Gasteiger charge is 2.40. The van der Waals surface area contributed by atoms with E-state index < -0.39 is 0 Å². The summed E-state index contributed by atoms with van der Waals surface area (Å²) in [6.07, 6.45) is 7.28. The lowest BCUT2D eigenvalue weighted by atomic mass is 9.82. The molecule has 5 aliphatic rings. The van der Waals surface area contributed by atoms with Crippen molar-refractivity contribution in [1.82, 2.24) is 10.2 Å². The van der Waals surface area contributed by atoms with Crippen LogP contribution in [0.1, 0.15) is 60.4 Å². The number of halogens is 1. The second-order valence-corrected chi connectivity index (χ2v) is 8.57. The van der Waals surface area contributed by atoms with E-state index in [1.54, 1.807) is 6.07 Å². The third-order valence-electron chi connectivity index (χ3n) is 6.67. The number of nitrogens with one attached hydrogen (secondary N) is 1. The van der Waals surface area contributed by atoms with E-state index in [0.29, 0.717) is 22.4 Å². The second-order valence-electron chi connectivity index (χ2n) is 8.14. The van der Waals surface area contributed by atoms with Gasteiger partial charge in [-0.3, -0.25) is 4.79 Å². The van der Waals surface area contributed by atoms with E-state index in [9.17, 15) is 4.79 Å². The average Bonchev–Trinajstić information content (AvgIpc) is 3.00. The Morgan fingerprint density at radius 1 is 1.16 bits per heavy atom. The molecule has 3 saturated heterocycles. The van der Waals surface area contributed by atoms with Gasteiger partial charge in [-0.15, -0.1) is 0 Å². The summed E-state index contributed by atoms with van der Waals surface area (Å²) in [5.41, 5.74) is 1.78. The zero-order chi connectivity index (χ0) is 17.0. The monoisotopic (exact) mass is 360 g/mol. The molecule has 0 aromatic heterocycles. The van der Waals surface area contributed by atoms with Crippen LogP contribution >= 0.6 is 11.6 Å². The first-order valence-corrected chi connectivity index (χ1v) is 10.1. The van der Waals surface area contributed by atoms with Crippen molar-refractivity contribution in [3.8, 4) is 5.75 Å². The van der Waals surface area contributed by atoms with Gasteiger partial charge in [0.25, 0.3) is 5.91 Å². The fourth-order valence-electron chi connectivity index (χ4n) is 5.31. The molecule has 4 aliphatic heterocycles. The summed E-state index contributed by atoms with van der Waals surface area (Å²) < 4.78 is 6.24. The number of nitrogens with zero attached hydrogens (tertiary/aromatic N) is 1. The molecule has 1 aromatic rings. The summed E-state index contributed by atoms with van der Waals surface area (Å²) in [6.45, 7) is 3.33. The first kappa shape index (κ1) is 16.0. The average molecular weight is 361 g/mol.